The normalized spacial score (nSPS) is 28.0. The minimum atomic E-state index is -0.581. The third kappa shape index (κ3) is 1.42. The molecule has 3 heterocycles. The van der Waals surface area contributed by atoms with Gasteiger partial charge < -0.3 is 15.5 Å². The summed E-state index contributed by atoms with van der Waals surface area (Å²) in [6.45, 7) is 2.78. The average Bonchev–Trinajstić information content (AvgIpc) is 2.85. The van der Waals surface area contributed by atoms with Gasteiger partial charge in [0.05, 0.1) is 18.6 Å². The highest BCUT2D eigenvalue weighted by atomic mass is 16.5. The van der Waals surface area contributed by atoms with Crippen molar-refractivity contribution >= 4 is 11.2 Å². The van der Waals surface area contributed by atoms with Crippen LogP contribution in [-0.2, 0) is 10.2 Å². The van der Waals surface area contributed by atoms with E-state index in [-0.39, 0.29) is 17.2 Å². The Morgan fingerprint density at radius 3 is 2.83 bits per heavy atom. The molecule has 0 amide bonds. The fourth-order valence-corrected chi connectivity index (χ4v) is 2.14. The van der Waals surface area contributed by atoms with E-state index in [1.165, 1.54) is 0 Å². The maximum absolute atomic E-state index is 11.6. The summed E-state index contributed by atoms with van der Waals surface area (Å²) >= 11 is 0. The molecule has 0 spiro atoms. The smallest absolute Gasteiger partial charge is 0.327 e. The van der Waals surface area contributed by atoms with Crippen LogP contribution in [-0.4, -0.2) is 39.2 Å². The molecule has 0 radical (unpaired) electrons. The third-order valence-electron chi connectivity index (χ3n) is 3.45. The number of hydrogen-bond acceptors (Lipinski definition) is 5. The molecule has 0 aromatic carbocycles. The zero-order valence-electron chi connectivity index (χ0n) is 9.74. The van der Waals surface area contributed by atoms with Crippen molar-refractivity contribution < 1.29 is 4.74 Å². The first-order chi connectivity index (χ1) is 8.50. The maximum atomic E-state index is 11.6. The van der Waals surface area contributed by atoms with Crippen molar-refractivity contribution in [3.63, 3.8) is 0 Å². The van der Waals surface area contributed by atoms with Crippen LogP contribution in [0.3, 0.4) is 0 Å². The van der Waals surface area contributed by atoms with Gasteiger partial charge in [0.1, 0.15) is 11.3 Å². The van der Waals surface area contributed by atoms with Crippen LogP contribution in [0.2, 0.25) is 0 Å². The molecule has 96 valence electrons. The summed E-state index contributed by atoms with van der Waals surface area (Å²) in [4.78, 5) is 34.5. The number of aromatic nitrogens is 4. The first-order valence-electron chi connectivity index (χ1n) is 5.57. The molecule has 5 N–H and O–H groups in total. The molecule has 1 aliphatic heterocycles. The van der Waals surface area contributed by atoms with Crippen molar-refractivity contribution in [1.29, 1.82) is 0 Å². The molecular weight excluding hydrogens is 238 g/mol. The van der Waals surface area contributed by atoms with Crippen LogP contribution < -0.4 is 17.0 Å². The highest BCUT2D eigenvalue weighted by molar-refractivity contribution is 5.69. The summed E-state index contributed by atoms with van der Waals surface area (Å²) in [6, 6.07) is -0.205. The topological polar surface area (TPSA) is 130 Å². The molecule has 1 fully saturated rings. The molecule has 3 rings (SSSR count). The largest absolute Gasteiger partial charge is 0.379 e. The van der Waals surface area contributed by atoms with Crippen LogP contribution in [0, 0.1) is 0 Å². The lowest BCUT2D eigenvalue weighted by atomic mass is 9.85. The summed E-state index contributed by atoms with van der Waals surface area (Å²) in [5, 5.41) is 0. The Bertz CT molecular complexity index is 714. The van der Waals surface area contributed by atoms with E-state index < -0.39 is 16.7 Å². The van der Waals surface area contributed by atoms with Gasteiger partial charge in [0.2, 0.25) is 0 Å². The van der Waals surface area contributed by atoms with E-state index in [9.17, 15) is 9.59 Å². The molecule has 8 nitrogen and oxygen atoms in total. The average molecular weight is 251 g/mol. The van der Waals surface area contributed by atoms with Crippen LogP contribution in [0.15, 0.2) is 9.59 Å². The Hall–Kier alpha value is -1.93. The molecule has 2 aromatic rings. The van der Waals surface area contributed by atoms with E-state index >= 15 is 0 Å². The summed E-state index contributed by atoms with van der Waals surface area (Å²) in [7, 11) is 0. The molecule has 1 aliphatic rings. The van der Waals surface area contributed by atoms with Gasteiger partial charge in [0, 0.05) is 6.04 Å². The fourth-order valence-electron chi connectivity index (χ4n) is 2.14. The van der Waals surface area contributed by atoms with Gasteiger partial charge in [-0.3, -0.25) is 14.8 Å². The first kappa shape index (κ1) is 11.2. The summed E-state index contributed by atoms with van der Waals surface area (Å²) in [6.07, 6.45) is 0. The maximum Gasteiger partial charge on any atom is 0.327 e. The fraction of sp³-hybridized carbons (Fsp3) is 0.500. The number of nitrogens with zero attached hydrogens (tertiary/aromatic N) is 1. The number of ether oxygens (including phenoxy) is 1. The number of nitrogens with two attached hydrogens (primary N) is 1. The molecule has 0 bridgehead atoms. The lowest BCUT2D eigenvalue weighted by Crippen LogP contribution is -2.42. The number of H-pyrrole nitrogens is 3. The highest BCUT2D eigenvalue weighted by Crippen LogP contribution is 2.30. The summed E-state index contributed by atoms with van der Waals surface area (Å²) < 4.78 is 5.33. The quantitative estimate of drug-likeness (QED) is 0.493. The van der Waals surface area contributed by atoms with Gasteiger partial charge in [-0.15, -0.1) is 0 Å². The van der Waals surface area contributed by atoms with Crippen molar-refractivity contribution in [2.75, 3.05) is 13.2 Å². The summed E-state index contributed by atoms with van der Waals surface area (Å²) in [5.41, 5.74) is 4.91. The molecule has 2 atom stereocenters. The Morgan fingerprint density at radius 2 is 2.17 bits per heavy atom. The zero-order valence-corrected chi connectivity index (χ0v) is 9.74. The van der Waals surface area contributed by atoms with Crippen LogP contribution in [0.4, 0.5) is 0 Å². The molecular formula is C10H13N5O3. The summed E-state index contributed by atoms with van der Waals surface area (Å²) in [5.74, 6) is 0.551. The van der Waals surface area contributed by atoms with Gasteiger partial charge in [-0.1, -0.05) is 0 Å². The number of nitrogens with one attached hydrogen (secondary N) is 3. The first-order valence-corrected chi connectivity index (χ1v) is 5.57. The van der Waals surface area contributed by atoms with Gasteiger partial charge in [-0.25, -0.2) is 9.78 Å². The van der Waals surface area contributed by atoms with Crippen molar-refractivity contribution in [3.05, 3.63) is 26.7 Å². The molecule has 0 saturated carbocycles. The Morgan fingerprint density at radius 1 is 1.39 bits per heavy atom. The van der Waals surface area contributed by atoms with E-state index in [1.54, 1.807) is 0 Å². The number of fused-ring (bicyclic) bond motifs is 1. The van der Waals surface area contributed by atoms with Crippen molar-refractivity contribution in [2.24, 2.45) is 5.73 Å². The third-order valence-corrected chi connectivity index (χ3v) is 3.45. The highest BCUT2D eigenvalue weighted by Gasteiger charge is 2.42. The number of hydrogen-bond donors (Lipinski definition) is 4. The second-order valence-electron chi connectivity index (χ2n) is 4.76. The monoisotopic (exact) mass is 251 g/mol. The zero-order chi connectivity index (χ0) is 12.9. The second kappa shape index (κ2) is 3.53. The predicted octanol–water partition coefficient (Wildman–Crippen LogP) is -1.45. The lowest BCUT2D eigenvalue weighted by molar-refractivity contribution is 0.178. The molecule has 1 saturated heterocycles. The van der Waals surface area contributed by atoms with Gasteiger partial charge in [-0.05, 0) is 6.92 Å². The van der Waals surface area contributed by atoms with Crippen molar-refractivity contribution in [3.8, 4) is 0 Å². The van der Waals surface area contributed by atoms with Gasteiger partial charge >= 0.3 is 5.69 Å². The van der Waals surface area contributed by atoms with Crippen LogP contribution in [0.25, 0.3) is 11.2 Å². The van der Waals surface area contributed by atoms with Gasteiger partial charge in [-0.2, -0.15) is 0 Å². The van der Waals surface area contributed by atoms with Gasteiger partial charge in [0.15, 0.2) is 5.65 Å². The van der Waals surface area contributed by atoms with E-state index in [0.29, 0.717) is 19.0 Å². The van der Waals surface area contributed by atoms with Crippen molar-refractivity contribution in [1.82, 2.24) is 19.9 Å². The molecule has 0 aliphatic carbocycles. The van der Waals surface area contributed by atoms with Gasteiger partial charge in [0.25, 0.3) is 5.56 Å². The van der Waals surface area contributed by atoms with E-state index in [2.05, 4.69) is 19.9 Å². The SMILES string of the molecule is CC1(c2nc3[nH]c(=O)[nH]c(=O)c3[nH]2)COCC1N. The Kier molecular flexibility index (Phi) is 2.19. The molecule has 8 heteroatoms. The van der Waals surface area contributed by atoms with Crippen LogP contribution >= 0.6 is 0 Å². The van der Waals surface area contributed by atoms with Crippen LogP contribution in [0.5, 0.6) is 0 Å². The number of imidazole rings is 1. The predicted molar refractivity (Wildman–Crippen MR) is 63.5 cm³/mol. The van der Waals surface area contributed by atoms with Crippen LogP contribution in [0.1, 0.15) is 12.7 Å². The van der Waals surface area contributed by atoms with Crippen molar-refractivity contribution in [2.45, 2.75) is 18.4 Å². The number of aromatic amines is 3. The minimum absolute atomic E-state index is 0.205. The van der Waals surface area contributed by atoms with E-state index in [4.69, 9.17) is 10.5 Å². The molecule has 2 unspecified atom stereocenters. The van der Waals surface area contributed by atoms with E-state index in [1.807, 2.05) is 6.92 Å². The Labute approximate surface area is 101 Å². The molecule has 18 heavy (non-hydrogen) atoms. The lowest BCUT2D eigenvalue weighted by Gasteiger charge is -2.23. The standard InChI is InChI=1S/C10H13N5O3/c1-10(3-18-2-4(10)11)8-12-5-6(13-8)14-9(17)15-7(5)16/h4H,2-3,11H2,1H3,(H3,12,13,14,15,16,17). The second-order valence-corrected chi connectivity index (χ2v) is 4.76. The van der Waals surface area contributed by atoms with E-state index in [0.717, 1.165) is 0 Å². The number of rotatable bonds is 1. The minimum Gasteiger partial charge on any atom is -0.379 e. The molecule has 2 aromatic heterocycles. The Balaban J connectivity index is 2.23.